The molecule has 0 saturated carbocycles. The molecule has 230 valence electrons. The minimum atomic E-state index is 1.21. The van der Waals surface area contributed by atoms with Gasteiger partial charge in [-0.05, 0) is 102 Å². The SMILES string of the molecule is CCCCCCc1cc(CCCCCC)cc(-c2cccc(-c3cc(CCCCCC)cc(CCCCCC)c3)c2)c1. The number of unbranched alkanes of at least 4 members (excludes halogenated alkanes) is 12. The van der Waals surface area contributed by atoms with Gasteiger partial charge in [0.25, 0.3) is 0 Å². The Bertz CT molecular complexity index is 989. The highest BCUT2D eigenvalue weighted by atomic mass is 14.1. The molecule has 0 aliphatic carbocycles. The fourth-order valence-corrected chi connectivity index (χ4v) is 6.34. The monoisotopic (exact) mass is 566 g/mol. The minimum Gasteiger partial charge on any atom is -0.0654 e. The average Bonchev–Trinajstić information content (AvgIpc) is 3.02. The van der Waals surface area contributed by atoms with Crippen LogP contribution in [-0.2, 0) is 25.7 Å². The van der Waals surface area contributed by atoms with Crippen molar-refractivity contribution in [2.45, 2.75) is 156 Å². The highest BCUT2D eigenvalue weighted by Crippen LogP contribution is 2.31. The molecule has 0 bridgehead atoms. The number of hydrogen-bond acceptors (Lipinski definition) is 0. The van der Waals surface area contributed by atoms with Gasteiger partial charge in [0.1, 0.15) is 0 Å². The lowest BCUT2D eigenvalue weighted by Gasteiger charge is -2.14. The van der Waals surface area contributed by atoms with Crippen LogP contribution in [0.2, 0.25) is 0 Å². The van der Waals surface area contributed by atoms with Crippen molar-refractivity contribution in [2.75, 3.05) is 0 Å². The Morgan fingerprint density at radius 1 is 0.310 bits per heavy atom. The largest absolute Gasteiger partial charge is 0.0654 e. The number of aryl methyl sites for hydroxylation is 4. The van der Waals surface area contributed by atoms with Crippen LogP contribution in [0.4, 0.5) is 0 Å². The summed E-state index contributed by atoms with van der Waals surface area (Å²) in [6.07, 6.45) is 26.0. The summed E-state index contributed by atoms with van der Waals surface area (Å²) in [5.74, 6) is 0. The summed E-state index contributed by atoms with van der Waals surface area (Å²) in [5.41, 5.74) is 11.7. The summed E-state index contributed by atoms with van der Waals surface area (Å²) >= 11 is 0. The van der Waals surface area contributed by atoms with Crippen LogP contribution in [0, 0.1) is 0 Å². The van der Waals surface area contributed by atoms with Gasteiger partial charge >= 0.3 is 0 Å². The van der Waals surface area contributed by atoms with Gasteiger partial charge in [-0.3, -0.25) is 0 Å². The summed E-state index contributed by atoms with van der Waals surface area (Å²) in [6, 6.07) is 24.4. The first-order valence-corrected chi connectivity index (χ1v) is 18.0. The summed E-state index contributed by atoms with van der Waals surface area (Å²) in [6.45, 7) is 9.22. The zero-order valence-corrected chi connectivity index (χ0v) is 27.9. The van der Waals surface area contributed by atoms with Gasteiger partial charge in [0.05, 0.1) is 0 Å². The van der Waals surface area contributed by atoms with Crippen LogP contribution >= 0.6 is 0 Å². The van der Waals surface area contributed by atoms with Crippen LogP contribution < -0.4 is 0 Å². The van der Waals surface area contributed by atoms with E-state index in [0.29, 0.717) is 0 Å². The van der Waals surface area contributed by atoms with E-state index in [0.717, 1.165) is 0 Å². The number of hydrogen-bond donors (Lipinski definition) is 0. The van der Waals surface area contributed by atoms with Gasteiger partial charge in [0, 0.05) is 0 Å². The van der Waals surface area contributed by atoms with E-state index in [9.17, 15) is 0 Å². The van der Waals surface area contributed by atoms with E-state index in [4.69, 9.17) is 0 Å². The van der Waals surface area contributed by atoms with Crippen LogP contribution in [0.3, 0.4) is 0 Å². The Hall–Kier alpha value is -2.34. The van der Waals surface area contributed by atoms with Gasteiger partial charge in [0.15, 0.2) is 0 Å². The van der Waals surface area contributed by atoms with Crippen LogP contribution in [0.5, 0.6) is 0 Å². The molecule has 3 rings (SSSR count). The van der Waals surface area contributed by atoms with E-state index >= 15 is 0 Å². The maximum absolute atomic E-state index is 2.51. The van der Waals surface area contributed by atoms with E-state index in [1.54, 1.807) is 0 Å². The van der Waals surface area contributed by atoms with E-state index in [2.05, 4.69) is 88.4 Å². The maximum atomic E-state index is 2.51. The van der Waals surface area contributed by atoms with Crippen molar-refractivity contribution in [1.82, 2.24) is 0 Å². The normalized spacial score (nSPS) is 11.3. The van der Waals surface area contributed by atoms with E-state index in [-0.39, 0.29) is 0 Å². The van der Waals surface area contributed by atoms with Gasteiger partial charge < -0.3 is 0 Å². The molecular formula is C42H62. The van der Waals surface area contributed by atoms with Gasteiger partial charge in [-0.15, -0.1) is 0 Å². The predicted molar refractivity (Wildman–Crippen MR) is 189 cm³/mol. The Morgan fingerprint density at radius 3 is 0.905 bits per heavy atom. The minimum absolute atomic E-state index is 1.21. The predicted octanol–water partition coefficient (Wildman–Crippen LogP) is 13.5. The molecule has 0 aliphatic heterocycles. The molecule has 0 aromatic heterocycles. The second-order valence-corrected chi connectivity index (χ2v) is 12.9. The van der Waals surface area contributed by atoms with Crippen LogP contribution in [0.15, 0.2) is 60.7 Å². The van der Waals surface area contributed by atoms with Crippen molar-refractivity contribution in [3.8, 4) is 22.3 Å². The first kappa shape index (κ1) is 34.2. The summed E-state index contributed by atoms with van der Waals surface area (Å²) in [5, 5.41) is 0. The molecule has 3 aromatic rings. The van der Waals surface area contributed by atoms with E-state index in [1.807, 2.05) is 0 Å². The molecule has 42 heavy (non-hydrogen) atoms. The van der Waals surface area contributed by atoms with E-state index < -0.39 is 0 Å². The van der Waals surface area contributed by atoms with Crippen LogP contribution in [0.25, 0.3) is 22.3 Å². The average molecular weight is 567 g/mol. The quantitative estimate of drug-likeness (QED) is 0.106. The van der Waals surface area contributed by atoms with Crippen LogP contribution in [0.1, 0.15) is 153 Å². The van der Waals surface area contributed by atoms with Crippen molar-refractivity contribution in [1.29, 1.82) is 0 Å². The Labute approximate surface area is 260 Å². The van der Waals surface area contributed by atoms with E-state index in [1.165, 1.54) is 173 Å². The molecule has 0 atom stereocenters. The third-order valence-electron chi connectivity index (χ3n) is 8.91. The van der Waals surface area contributed by atoms with Gasteiger partial charge in [-0.25, -0.2) is 0 Å². The van der Waals surface area contributed by atoms with Gasteiger partial charge in [0.2, 0.25) is 0 Å². The molecule has 0 saturated heterocycles. The lowest BCUT2D eigenvalue weighted by atomic mass is 9.91. The molecule has 0 amide bonds. The van der Waals surface area contributed by atoms with Crippen molar-refractivity contribution in [3.63, 3.8) is 0 Å². The fraction of sp³-hybridized carbons (Fsp3) is 0.571. The second-order valence-electron chi connectivity index (χ2n) is 12.9. The molecule has 0 radical (unpaired) electrons. The molecule has 3 aromatic carbocycles. The molecule has 0 spiro atoms. The molecule has 0 nitrogen and oxygen atoms in total. The first-order chi connectivity index (χ1) is 20.7. The lowest BCUT2D eigenvalue weighted by molar-refractivity contribution is 0.661. The Kier molecular flexibility index (Phi) is 16.7. The van der Waals surface area contributed by atoms with Gasteiger partial charge in [-0.2, -0.15) is 0 Å². The zero-order chi connectivity index (χ0) is 29.8. The topological polar surface area (TPSA) is 0 Å². The standard InChI is InChI=1S/C42H62/c1-5-9-13-17-22-35-28-36(23-18-14-10-6-2)31-41(30-35)39-26-21-27-40(34-39)42-32-37(24-19-15-11-7-3)29-38(33-42)25-20-16-12-8-4/h21,26-34H,5-20,22-25H2,1-4H3. The van der Waals surface area contributed by atoms with Gasteiger partial charge in [-0.1, -0.05) is 159 Å². The molecule has 0 fully saturated rings. The third-order valence-corrected chi connectivity index (χ3v) is 8.91. The zero-order valence-electron chi connectivity index (χ0n) is 27.9. The second kappa shape index (κ2) is 20.5. The lowest BCUT2D eigenvalue weighted by Crippen LogP contribution is -1.95. The van der Waals surface area contributed by atoms with Crippen molar-refractivity contribution in [2.24, 2.45) is 0 Å². The summed E-state index contributed by atoms with van der Waals surface area (Å²) in [7, 11) is 0. The molecular weight excluding hydrogens is 504 g/mol. The first-order valence-electron chi connectivity index (χ1n) is 18.0. The number of rotatable bonds is 22. The Morgan fingerprint density at radius 2 is 0.619 bits per heavy atom. The van der Waals surface area contributed by atoms with Crippen molar-refractivity contribution in [3.05, 3.63) is 82.9 Å². The molecule has 0 heteroatoms. The van der Waals surface area contributed by atoms with Crippen molar-refractivity contribution < 1.29 is 0 Å². The van der Waals surface area contributed by atoms with Crippen LogP contribution in [-0.4, -0.2) is 0 Å². The number of benzene rings is 3. The highest BCUT2D eigenvalue weighted by molar-refractivity contribution is 5.74. The maximum Gasteiger partial charge on any atom is -0.0178 e. The molecule has 0 aliphatic rings. The fourth-order valence-electron chi connectivity index (χ4n) is 6.34. The Balaban J connectivity index is 1.88. The van der Waals surface area contributed by atoms with Crippen molar-refractivity contribution >= 4 is 0 Å². The molecule has 0 unspecified atom stereocenters. The smallest absolute Gasteiger partial charge is 0.0178 e. The third kappa shape index (κ3) is 12.5. The summed E-state index contributed by atoms with van der Waals surface area (Å²) < 4.78 is 0. The molecule has 0 heterocycles. The highest BCUT2D eigenvalue weighted by Gasteiger charge is 2.09. The summed E-state index contributed by atoms with van der Waals surface area (Å²) in [4.78, 5) is 0. The molecule has 0 N–H and O–H groups in total.